The van der Waals surface area contributed by atoms with E-state index in [1.54, 1.807) is 0 Å². The van der Waals surface area contributed by atoms with Crippen LogP contribution in [0.1, 0.15) is 19.4 Å². The zero-order valence-electron chi connectivity index (χ0n) is 19.5. The zero-order valence-corrected chi connectivity index (χ0v) is 20.3. The molecule has 1 aliphatic rings. The standard InChI is InChI=1S/C25H31N5O2S/c1-4-28(5-2)19-10-11-22(18(3)16-19)26-23(31)17-30-25(32)21-9-7-6-8-20(21)24(27-30)29-12-14-33-15-13-29/h6-11,16H,4-5,12-15,17H2,1-3H3,(H,26,31). The molecule has 8 heteroatoms. The molecule has 0 saturated carbocycles. The van der Waals surface area contributed by atoms with Crippen LogP contribution in [0.25, 0.3) is 10.8 Å². The van der Waals surface area contributed by atoms with Crippen LogP contribution in [0.2, 0.25) is 0 Å². The fourth-order valence-electron chi connectivity index (χ4n) is 4.23. The van der Waals surface area contributed by atoms with E-state index < -0.39 is 0 Å². The van der Waals surface area contributed by atoms with Gasteiger partial charge in [0.15, 0.2) is 5.82 Å². The number of carbonyl (C=O) groups is 1. The van der Waals surface area contributed by atoms with Gasteiger partial charge in [0.05, 0.1) is 5.39 Å². The van der Waals surface area contributed by atoms with Gasteiger partial charge >= 0.3 is 0 Å². The van der Waals surface area contributed by atoms with Gasteiger partial charge in [0.25, 0.3) is 5.56 Å². The Balaban J connectivity index is 1.59. The molecule has 1 saturated heterocycles. The summed E-state index contributed by atoms with van der Waals surface area (Å²) in [4.78, 5) is 30.5. The minimum atomic E-state index is -0.265. The smallest absolute Gasteiger partial charge is 0.275 e. The molecule has 1 fully saturated rings. The summed E-state index contributed by atoms with van der Waals surface area (Å²) in [7, 11) is 0. The first-order chi connectivity index (χ1) is 16.0. The van der Waals surface area contributed by atoms with Gasteiger partial charge in [0, 0.05) is 54.4 Å². The summed E-state index contributed by atoms with van der Waals surface area (Å²) >= 11 is 1.92. The molecule has 1 aliphatic heterocycles. The third-order valence-electron chi connectivity index (χ3n) is 6.06. The van der Waals surface area contributed by atoms with Crippen LogP contribution < -0.4 is 20.7 Å². The molecular formula is C25H31N5O2S. The normalized spacial score (nSPS) is 13.8. The van der Waals surface area contributed by atoms with Crippen LogP contribution in [0, 0.1) is 6.92 Å². The fraction of sp³-hybridized carbons (Fsp3) is 0.400. The summed E-state index contributed by atoms with van der Waals surface area (Å²) < 4.78 is 1.30. The van der Waals surface area contributed by atoms with Crippen molar-refractivity contribution in [1.82, 2.24) is 9.78 Å². The van der Waals surface area contributed by atoms with E-state index in [-0.39, 0.29) is 18.0 Å². The second kappa shape index (κ2) is 10.3. The number of hydrogen-bond acceptors (Lipinski definition) is 6. The molecule has 2 heterocycles. The molecule has 2 aromatic carbocycles. The Bertz CT molecular complexity index is 1200. The summed E-state index contributed by atoms with van der Waals surface area (Å²) in [5, 5.41) is 9.03. The third-order valence-corrected chi connectivity index (χ3v) is 7.01. The van der Waals surface area contributed by atoms with Gasteiger partial charge in [-0.1, -0.05) is 18.2 Å². The Kier molecular flexibility index (Phi) is 7.23. The van der Waals surface area contributed by atoms with E-state index in [4.69, 9.17) is 0 Å². The average molecular weight is 466 g/mol. The largest absolute Gasteiger partial charge is 0.372 e. The van der Waals surface area contributed by atoms with Gasteiger partial charge in [-0.05, 0) is 50.6 Å². The number of rotatable bonds is 7. The molecule has 7 nitrogen and oxygen atoms in total. The van der Waals surface area contributed by atoms with Crippen molar-refractivity contribution in [2.75, 3.05) is 52.8 Å². The van der Waals surface area contributed by atoms with Crippen LogP contribution in [0.5, 0.6) is 0 Å². The van der Waals surface area contributed by atoms with Gasteiger partial charge in [-0.15, -0.1) is 0 Å². The number of nitrogens with zero attached hydrogens (tertiary/aromatic N) is 4. The van der Waals surface area contributed by atoms with Crippen molar-refractivity contribution in [3.8, 4) is 0 Å². The molecule has 0 unspecified atom stereocenters. The highest BCUT2D eigenvalue weighted by atomic mass is 32.2. The number of aryl methyl sites for hydroxylation is 1. The molecule has 4 rings (SSSR count). The van der Waals surface area contributed by atoms with E-state index in [1.165, 1.54) is 4.68 Å². The van der Waals surface area contributed by atoms with Crippen molar-refractivity contribution in [2.45, 2.75) is 27.3 Å². The summed E-state index contributed by atoms with van der Waals surface area (Å²) in [6, 6.07) is 13.5. The van der Waals surface area contributed by atoms with E-state index in [0.29, 0.717) is 5.39 Å². The second-order valence-electron chi connectivity index (χ2n) is 8.15. The molecule has 0 spiro atoms. The first kappa shape index (κ1) is 23.2. The van der Waals surface area contributed by atoms with Gasteiger partial charge < -0.3 is 15.1 Å². The maximum absolute atomic E-state index is 13.1. The summed E-state index contributed by atoms with van der Waals surface area (Å²) in [6.07, 6.45) is 0. The van der Waals surface area contributed by atoms with Gasteiger partial charge in [-0.3, -0.25) is 9.59 Å². The molecule has 0 aliphatic carbocycles. The number of fused-ring (bicyclic) bond motifs is 1. The van der Waals surface area contributed by atoms with Crippen LogP contribution >= 0.6 is 11.8 Å². The van der Waals surface area contributed by atoms with E-state index >= 15 is 0 Å². The van der Waals surface area contributed by atoms with Crippen molar-refractivity contribution >= 4 is 45.6 Å². The molecule has 33 heavy (non-hydrogen) atoms. The van der Waals surface area contributed by atoms with Crippen LogP contribution in [-0.4, -0.2) is 53.4 Å². The highest BCUT2D eigenvalue weighted by Crippen LogP contribution is 2.25. The number of thioether (sulfide) groups is 1. The van der Waals surface area contributed by atoms with Crippen molar-refractivity contribution < 1.29 is 4.79 Å². The van der Waals surface area contributed by atoms with Gasteiger partial charge in [0.2, 0.25) is 5.91 Å². The minimum absolute atomic E-state index is 0.128. The Morgan fingerprint density at radius 2 is 1.79 bits per heavy atom. The number of amides is 1. The lowest BCUT2D eigenvalue weighted by molar-refractivity contribution is -0.117. The number of anilines is 3. The topological polar surface area (TPSA) is 70.5 Å². The summed E-state index contributed by atoms with van der Waals surface area (Å²) in [5.41, 5.74) is 2.62. The van der Waals surface area contributed by atoms with Crippen LogP contribution in [0.15, 0.2) is 47.3 Å². The molecular weight excluding hydrogens is 434 g/mol. The lowest BCUT2D eigenvalue weighted by atomic mass is 10.1. The van der Waals surface area contributed by atoms with Crippen LogP contribution in [0.3, 0.4) is 0 Å². The Labute approximate surface area is 198 Å². The molecule has 1 N–H and O–H groups in total. The maximum Gasteiger partial charge on any atom is 0.275 e. The lowest BCUT2D eigenvalue weighted by Crippen LogP contribution is -2.37. The van der Waals surface area contributed by atoms with Gasteiger partial charge in [-0.25, -0.2) is 4.68 Å². The quantitative estimate of drug-likeness (QED) is 0.573. The maximum atomic E-state index is 13.1. The minimum Gasteiger partial charge on any atom is -0.372 e. The molecule has 0 bridgehead atoms. The number of benzene rings is 2. The number of carbonyl (C=O) groups excluding carboxylic acids is 1. The molecule has 0 atom stereocenters. The van der Waals surface area contributed by atoms with Crippen molar-refractivity contribution in [1.29, 1.82) is 0 Å². The molecule has 174 valence electrons. The fourth-order valence-corrected chi connectivity index (χ4v) is 5.14. The predicted octanol–water partition coefficient (Wildman–Crippen LogP) is 3.74. The predicted molar refractivity (Wildman–Crippen MR) is 139 cm³/mol. The van der Waals surface area contributed by atoms with Crippen molar-refractivity contribution in [2.24, 2.45) is 0 Å². The number of aromatic nitrogens is 2. The lowest BCUT2D eigenvalue weighted by Gasteiger charge is -2.28. The highest BCUT2D eigenvalue weighted by molar-refractivity contribution is 7.99. The van der Waals surface area contributed by atoms with Crippen molar-refractivity contribution in [3.05, 3.63) is 58.4 Å². The average Bonchev–Trinajstić information content (AvgIpc) is 2.84. The highest BCUT2D eigenvalue weighted by Gasteiger charge is 2.19. The molecule has 0 radical (unpaired) electrons. The van der Waals surface area contributed by atoms with Crippen LogP contribution in [0.4, 0.5) is 17.2 Å². The van der Waals surface area contributed by atoms with E-state index in [0.717, 1.165) is 65.8 Å². The molecule has 3 aromatic rings. The molecule has 1 amide bonds. The zero-order chi connectivity index (χ0) is 23.4. The van der Waals surface area contributed by atoms with Crippen molar-refractivity contribution in [3.63, 3.8) is 0 Å². The Hall–Kier alpha value is -3.00. The SMILES string of the molecule is CCN(CC)c1ccc(NC(=O)Cn2nc(N3CCSCC3)c3ccccc3c2=O)c(C)c1. The Morgan fingerprint density at radius 1 is 1.09 bits per heavy atom. The summed E-state index contributed by atoms with van der Waals surface area (Å²) in [6.45, 7) is 9.71. The van der Waals surface area contributed by atoms with E-state index in [2.05, 4.69) is 40.1 Å². The molecule has 1 aromatic heterocycles. The number of hydrogen-bond donors (Lipinski definition) is 1. The first-order valence-electron chi connectivity index (χ1n) is 11.5. The monoisotopic (exact) mass is 465 g/mol. The first-order valence-corrected chi connectivity index (χ1v) is 12.6. The Morgan fingerprint density at radius 3 is 2.45 bits per heavy atom. The number of nitrogens with one attached hydrogen (secondary N) is 1. The van der Waals surface area contributed by atoms with E-state index in [9.17, 15) is 9.59 Å². The van der Waals surface area contributed by atoms with Gasteiger partial charge in [0.1, 0.15) is 6.54 Å². The second-order valence-corrected chi connectivity index (χ2v) is 9.38. The van der Waals surface area contributed by atoms with E-state index in [1.807, 2.05) is 55.1 Å². The van der Waals surface area contributed by atoms with Gasteiger partial charge in [-0.2, -0.15) is 16.9 Å². The third kappa shape index (κ3) is 5.00. The van der Waals surface area contributed by atoms with Crippen LogP contribution in [-0.2, 0) is 11.3 Å². The summed E-state index contributed by atoms with van der Waals surface area (Å²) in [5.74, 6) is 2.56.